The Kier molecular flexibility index (Phi) is 4.60. The SMILES string of the molecule is Nc1cccc(NC(=O)CCSc2nccs2)c1. The highest BCUT2D eigenvalue weighted by Crippen LogP contribution is 2.21. The van der Waals surface area contributed by atoms with Crippen LogP contribution in [0.25, 0.3) is 0 Å². The summed E-state index contributed by atoms with van der Waals surface area (Å²) in [5, 5.41) is 4.74. The molecule has 1 aromatic heterocycles. The van der Waals surface area contributed by atoms with Gasteiger partial charge in [0.1, 0.15) is 4.34 Å². The van der Waals surface area contributed by atoms with E-state index in [-0.39, 0.29) is 5.91 Å². The summed E-state index contributed by atoms with van der Waals surface area (Å²) in [6.45, 7) is 0. The number of carbonyl (C=O) groups excluding carboxylic acids is 1. The van der Waals surface area contributed by atoms with E-state index in [2.05, 4.69) is 10.3 Å². The van der Waals surface area contributed by atoms with Gasteiger partial charge in [-0.3, -0.25) is 4.79 Å². The molecule has 0 radical (unpaired) electrons. The molecule has 0 fully saturated rings. The number of nitrogen functional groups attached to an aromatic ring is 1. The minimum absolute atomic E-state index is 0.00958. The molecule has 0 bridgehead atoms. The lowest BCUT2D eigenvalue weighted by atomic mass is 10.3. The van der Waals surface area contributed by atoms with Gasteiger partial charge in [0, 0.05) is 35.1 Å². The number of hydrogen-bond acceptors (Lipinski definition) is 5. The zero-order chi connectivity index (χ0) is 12.8. The second-order valence-corrected chi connectivity index (χ2v) is 5.81. The van der Waals surface area contributed by atoms with E-state index in [9.17, 15) is 4.79 Å². The monoisotopic (exact) mass is 279 g/mol. The molecular formula is C12H13N3OS2. The van der Waals surface area contributed by atoms with E-state index in [4.69, 9.17) is 5.73 Å². The average Bonchev–Trinajstić information content (AvgIpc) is 2.82. The highest BCUT2D eigenvalue weighted by atomic mass is 32.2. The number of anilines is 2. The predicted octanol–water partition coefficient (Wildman–Crippen LogP) is 2.85. The number of thiazole rings is 1. The van der Waals surface area contributed by atoms with E-state index >= 15 is 0 Å². The number of nitrogens with zero attached hydrogens (tertiary/aromatic N) is 1. The van der Waals surface area contributed by atoms with Crippen LogP contribution in [-0.4, -0.2) is 16.6 Å². The van der Waals surface area contributed by atoms with Gasteiger partial charge in [-0.05, 0) is 18.2 Å². The molecule has 0 spiro atoms. The second kappa shape index (κ2) is 6.42. The Morgan fingerprint density at radius 1 is 1.50 bits per heavy atom. The third kappa shape index (κ3) is 4.05. The summed E-state index contributed by atoms with van der Waals surface area (Å²) in [6.07, 6.45) is 2.22. The van der Waals surface area contributed by atoms with Gasteiger partial charge in [0.25, 0.3) is 0 Å². The van der Waals surface area contributed by atoms with Crippen molar-refractivity contribution in [2.24, 2.45) is 0 Å². The van der Waals surface area contributed by atoms with Gasteiger partial charge in [0.15, 0.2) is 0 Å². The summed E-state index contributed by atoms with van der Waals surface area (Å²) in [4.78, 5) is 15.8. The second-order valence-electron chi connectivity index (χ2n) is 3.57. The van der Waals surface area contributed by atoms with E-state index < -0.39 is 0 Å². The smallest absolute Gasteiger partial charge is 0.225 e. The van der Waals surface area contributed by atoms with E-state index in [0.717, 1.165) is 15.8 Å². The molecule has 0 saturated carbocycles. The zero-order valence-corrected chi connectivity index (χ0v) is 11.3. The highest BCUT2D eigenvalue weighted by molar-refractivity contribution is 8.01. The quantitative estimate of drug-likeness (QED) is 0.652. The first-order valence-electron chi connectivity index (χ1n) is 5.42. The Morgan fingerprint density at radius 2 is 2.39 bits per heavy atom. The first-order valence-corrected chi connectivity index (χ1v) is 7.28. The average molecular weight is 279 g/mol. The molecular weight excluding hydrogens is 266 g/mol. The number of rotatable bonds is 5. The van der Waals surface area contributed by atoms with Crippen molar-refractivity contribution in [1.82, 2.24) is 4.98 Å². The molecule has 1 aromatic carbocycles. The van der Waals surface area contributed by atoms with Crippen LogP contribution >= 0.6 is 23.1 Å². The summed E-state index contributed by atoms with van der Waals surface area (Å²) in [7, 11) is 0. The molecule has 94 valence electrons. The third-order valence-corrected chi connectivity index (χ3v) is 4.10. The van der Waals surface area contributed by atoms with Gasteiger partial charge in [-0.15, -0.1) is 11.3 Å². The lowest BCUT2D eigenvalue weighted by Gasteiger charge is -2.05. The molecule has 6 heteroatoms. The highest BCUT2D eigenvalue weighted by Gasteiger charge is 2.04. The Labute approximate surface area is 114 Å². The van der Waals surface area contributed by atoms with Crippen LogP contribution in [0.3, 0.4) is 0 Å². The normalized spacial score (nSPS) is 10.2. The van der Waals surface area contributed by atoms with Crippen LogP contribution < -0.4 is 11.1 Å². The lowest BCUT2D eigenvalue weighted by Crippen LogP contribution is -2.12. The van der Waals surface area contributed by atoms with Crippen molar-refractivity contribution < 1.29 is 4.79 Å². The molecule has 0 aliphatic heterocycles. The fourth-order valence-corrected chi connectivity index (χ4v) is 3.00. The van der Waals surface area contributed by atoms with Gasteiger partial charge in [-0.1, -0.05) is 17.8 Å². The van der Waals surface area contributed by atoms with Crippen LogP contribution in [-0.2, 0) is 4.79 Å². The van der Waals surface area contributed by atoms with Gasteiger partial charge >= 0.3 is 0 Å². The Bertz CT molecular complexity index is 514. The maximum atomic E-state index is 11.7. The lowest BCUT2D eigenvalue weighted by molar-refractivity contribution is -0.115. The number of benzene rings is 1. The molecule has 0 aliphatic carbocycles. The molecule has 0 saturated heterocycles. The van der Waals surface area contributed by atoms with Crippen molar-refractivity contribution in [3.63, 3.8) is 0 Å². The Balaban J connectivity index is 1.75. The maximum Gasteiger partial charge on any atom is 0.225 e. The van der Waals surface area contributed by atoms with Crippen molar-refractivity contribution in [2.75, 3.05) is 16.8 Å². The Hall–Kier alpha value is -1.53. The Morgan fingerprint density at radius 3 is 3.11 bits per heavy atom. The molecule has 0 aliphatic rings. The third-order valence-electron chi connectivity index (χ3n) is 2.13. The van der Waals surface area contributed by atoms with Gasteiger partial charge in [0.05, 0.1) is 0 Å². The van der Waals surface area contributed by atoms with Crippen LogP contribution in [0.1, 0.15) is 6.42 Å². The molecule has 2 rings (SSSR count). The van der Waals surface area contributed by atoms with Crippen LogP contribution in [0.4, 0.5) is 11.4 Å². The first kappa shape index (κ1) is 12.9. The van der Waals surface area contributed by atoms with Crippen LogP contribution in [0.2, 0.25) is 0 Å². The topological polar surface area (TPSA) is 68.0 Å². The number of nitrogens with one attached hydrogen (secondary N) is 1. The van der Waals surface area contributed by atoms with Crippen molar-refractivity contribution in [3.8, 4) is 0 Å². The molecule has 2 aromatic rings. The number of carbonyl (C=O) groups is 1. The summed E-state index contributed by atoms with van der Waals surface area (Å²) < 4.78 is 0.992. The van der Waals surface area contributed by atoms with Gasteiger partial charge in [0.2, 0.25) is 5.91 Å². The first-order chi connectivity index (χ1) is 8.74. The van der Waals surface area contributed by atoms with E-state index in [0.29, 0.717) is 12.1 Å². The standard InChI is InChI=1S/C12H13N3OS2/c13-9-2-1-3-10(8-9)15-11(16)4-6-17-12-14-5-7-18-12/h1-3,5,7-8H,4,6,13H2,(H,15,16). The molecule has 0 unspecified atom stereocenters. The van der Waals surface area contributed by atoms with Crippen molar-refractivity contribution in [3.05, 3.63) is 35.8 Å². The number of hydrogen-bond donors (Lipinski definition) is 2. The number of nitrogens with two attached hydrogens (primary N) is 1. The van der Waals surface area contributed by atoms with E-state index in [1.807, 2.05) is 17.5 Å². The summed E-state index contributed by atoms with van der Waals surface area (Å²) in [5.41, 5.74) is 7.02. The van der Waals surface area contributed by atoms with E-state index in [1.54, 1.807) is 41.4 Å². The molecule has 4 nitrogen and oxygen atoms in total. The fourth-order valence-electron chi connectivity index (χ4n) is 1.35. The number of aromatic nitrogens is 1. The minimum atomic E-state index is -0.00958. The van der Waals surface area contributed by atoms with Crippen molar-refractivity contribution in [2.45, 2.75) is 10.8 Å². The van der Waals surface area contributed by atoms with Gasteiger partial charge < -0.3 is 11.1 Å². The maximum absolute atomic E-state index is 11.7. The summed E-state index contributed by atoms with van der Waals surface area (Å²) in [5.74, 6) is 0.714. The molecule has 3 N–H and O–H groups in total. The summed E-state index contributed by atoms with van der Waals surface area (Å²) in [6, 6.07) is 7.16. The molecule has 18 heavy (non-hydrogen) atoms. The van der Waals surface area contributed by atoms with Crippen molar-refractivity contribution >= 4 is 40.4 Å². The predicted molar refractivity (Wildman–Crippen MR) is 76.9 cm³/mol. The van der Waals surface area contributed by atoms with E-state index in [1.165, 1.54) is 0 Å². The molecule has 1 amide bonds. The van der Waals surface area contributed by atoms with Crippen LogP contribution in [0.15, 0.2) is 40.2 Å². The van der Waals surface area contributed by atoms with Gasteiger partial charge in [-0.25, -0.2) is 4.98 Å². The fraction of sp³-hybridized carbons (Fsp3) is 0.167. The molecule has 1 heterocycles. The largest absolute Gasteiger partial charge is 0.399 e. The van der Waals surface area contributed by atoms with Gasteiger partial charge in [-0.2, -0.15) is 0 Å². The summed E-state index contributed by atoms with van der Waals surface area (Å²) >= 11 is 3.18. The number of amides is 1. The van der Waals surface area contributed by atoms with Crippen LogP contribution in [0.5, 0.6) is 0 Å². The number of thioether (sulfide) groups is 1. The van der Waals surface area contributed by atoms with Crippen molar-refractivity contribution in [1.29, 1.82) is 0 Å². The minimum Gasteiger partial charge on any atom is -0.399 e. The van der Waals surface area contributed by atoms with Crippen LogP contribution in [0, 0.1) is 0 Å². The zero-order valence-electron chi connectivity index (χ0n) is 9.63. The molecule has 0 atom stereocenters.